The number of H-pyrrole nitrogens is 1. The van der Waals surface area contributed by atoms with E-state index in [9.17, 15) is 0 Å². The second-order valence-electron chi connectivity index (χ2n) is 5.04. The largest absolute Gasteiger partial charge is 0.337 e. The molecule has 0 bridgehead atoms. The Morgan fingerprint density at radius 1 is 1.18 bits per heavy atom. The Morgan fingerprint density at radius 2 is 1.76 bits per heavy atom. The van der Waals surface area contributed by atoms with Crippen LogP contribution in [0.25, 0.3) is 5.69 Å². The van der Waals surface area contributed by atoms with Crippen LogP contribution in [0.1, 0.15) is 26.5 Å². The molecule has 0 fully saturated rings. The molecule has 0 aliphatic rings. The Kier molecular flexibility index (Phi) is 3.45. The van der Waals surface area contributed by atoms with Crippen LogP contribution in [0.3, 0.4) is 0 Å². The van der Waals surface area contributed by atoms with E-state index in [1.165, 1.54) is 9.26 Å². The number of hydrogen-bond donors (Lipinski definition) is 1. The predicted octanol–water partition coefficient (Wildman–Crippen LogP) is 4.44. The summed E-state index contributed by atoms with van der Waals surface area (Å²) < 4.78 is 4.08. The van der Waals surface area contributed by atoms with Gasteiger partial charge < -0.3 is 4.98 Å². The highest BCUT2D eigenvalue weighted by atomic mass is 127. The molecule has 0 aliphatic carbocycles. The lowest BCUT2D eigenvalue weighted by atomic mass is 9.92. The Hall–Kier alpha value is -0.620. The van der Waals surface area contributed by atoms with Crippen LogP contribution in [0.4, 0.5) is 0 Å². The zero-order chi connectivity index (χ0) is 12.6. The maximum Gasteiger partial charge on any atom is 0.182 e. The zero-order valence-corrected chi connectivity index (χ0v) is 13.1. The molecule has 90 valence electrons. The van der Waals surface area contributed by atoms with Crippen LogP contribution < -0.4 is 0 Å². The number of halogens is 1. The first kappa shape index (κ1) is 12.8. The van der Waals surface area contributed by atoms with Crippen molar-refractivity contribution in [3.8, 4) is 5.69 Å². The first-order chi connectivity index (χ1) is 7.89. The normalized spacial score (nSPS) is 11.8. The maximum atomic E-state index is 5.36. The molecule has 1 aromatic heterocycles. The highest BCUT2D eigenvalue weighted by Crippen LogP contribution is 2.25. The molecule has 1 aromatic carbocycles. The van der Waals surface area contributed by atoms with Gasteiger partial charge in [-0.15, -0.1) is 0 Å². The molecule has 0 aliphatic heterocycles. The summed E-state index contributed by atoms with van der Waals surface area (Å²) >= 11 is 7.67. The SMILES string of the molecule is CC(C)(C)c1c[nH]c(=S)n1-c1ccc(I)cc1. The van der Waals surface area contributed by atoms with Gasteiger partial charge in [0.25, 0.3) is 0 Å². The van der Waals surface area contributed by atoms with Gasteiger partial charge in [-0.3, -0.25) is 4.57 Å². The molecule has 0 amide bonds. The molecule has 0 saturated carbocycles. The van der Waals surface area contributed by atoms with E-state index in [4.69, 9.17) is 12.2 Å². The van der Waals surface area contributed by atoms with Crippen molar-refractivity contribution in [2.75, 3.05) is 0 Å². The third-order valence-corrected chi connectivity index (χ3v) is 3.65. The number of aromatic nitrogens is 2. The molecular weight excluding hydrogens is 343 g/mol. The third kappa shape index (κ3) is 2.63. The van der Waals surface area contributed by atoms with Crippen molar-refractivity contribution < 1.29 is 0 Å². The van der Waals surface area contributed by atoms with Gasteiger partial charge in [0.15, 0.2) is 4.77 Å². The lowest BCUT2D eigenvalue weighted by Crippen LogP contribution is -2.16. The summed E-state index contributed by atoms with van der Waals surface area (Å²) in [5.41, 5.74) is 2.38. The first-order valence-corrected chi connectivity index (χ1v) is 6.95. The molecule has 0 saturated heterocycles. The van der Waals surface area contributed by atoms with Crippen molar-refractivity contribution in [2.45, 2.75) is 26.2 Å². The molecule has 0 unspecified atom stereocenters. The molecule has 17 heavy (non-hydrogen) atoms. The highest BCUT2D eigenvalue weighted by Gasteiger charge is 2.19. The molecule has 2 rings (SSSR count). The fourth-order valence-corrected chi connectivity index (χ4v) is 2.39. The van der Waals surface area contributed by atoms with Crippen LogP contribution in [0.5, 0.6) is 0 Å². The Balaban J connectivity index is 2.63. The van der Waals surface area contributed by atoms with Crippen molar-refractivity contribution in [1.82, 2.24) is 9.55 Å². The van der Waals surface area contributed by atoms with E-state index in [-0.39, 0.29) is 5.41 Å². The van der Waals surface area contributed by atoms with E-state index in [0.29, 0.717) is 0 Å². The van der Waals surface area contributed by atoms with Crippen LogP contribution >= 0.6 is 34.8 Å². The van der Waals surface area contributed by atoms with E-state index in [1.54, 1.807) is 0 Å². The van der Waals surface area contributed by atoms with Gasteiger partial charge in [-0.2, -0.15) is 0 Å². The molecule has 0 spiro atoms. The summed E-state index contributed by atoms with van der Waals surface area (Å²) in [7, 11) is 0. The fourth-order valence-electron chi connectivity index (χ4n) is 1.77. The zero-order valence-electron chi connectivity index (χ0n) is 10.1. The number of nitrogens with zero attached hydrogens (tertiary/aromatic N) is 1. The summed E-state index contributed by atoms with van der Waals surface area (Å²) in [6.07, 6.45) is 2.00. The molecule has 4 heteroatoms. The van der Waals surface area contributed by atoms with E-state index in [2.05, 4.69) is 77.2 Å². The summed E-state index contributed by atoms with van der Waals surface area (Å²) in [6.45, 7) is 6.57. The second-order valence-corrected chi connectivity index (χ2v) is 6.67. The first-order valence-electron chi connectivity index (χ1n) is 5.46. The Bertz CT molecular complexity index is 573. The topological polar surface area (TPSA) is 20.7 Å². The lowest BCUT2D eigenvalue weighted by Gasteiger charge is -2.20. The maximum absolute atomic E-state index is 5.36. The van der Waals surface area contributed by atoms with Gasteiger partial charge in [0, 0.05) is 26.6 Å². The van der Waals surface area contributed by atoms with E-state index < -0.39 is 0 Å². The van der Waals surface area contributed by atoms with Gasteiger partial charge in [0.05, 0.1) is 0 Å². The van der Waals surface area contributed by atoms with Crippen LogP contribution in [0, 0.1) is 8.34 Å². The lowest BCUT2D eigenvalue weighted by molar-refractivity contribution is 0.556. The number of aromatic amines is 1. The van der Waals surface area contributed by atoms with Gasteiger partial charge in [0.2, 0.25) is 0 Å². The van der Waals surface area contributed by atoms with Crippen LogP contribution in [0.15, 0.2) is 30.5 Å². The molecule has 1 heterocycles. The van der Waals surface area contributed by atoms with Gasteiger partial charge in [-0.25, -0.2) is 0 Å². The number of nitrogens with one attached hydrogen (secondary N) is 1. The summed E-state index contributed by atoms with van der Waals surface area (Å²) in [4.78, 5) is 3.13. The van der Waals surface area contributed by atoms with Gasteiger partial charge in [-0.1, -0.05) is 20.8 Å². The molecular formula is C13H15IN2S. The number of hydrogen-bond acceptors (Lipinski definition) is 1. The monoisotopic (exact) mass is 358 g/mol. The average Bonchev–Trinajstić information content (AvgIpc) is 2.61. The number of imidazole rings is 1. The van der Waals surface area contributed by atoms with Gasteiger partial charge in [0.1, 0.15) is 0 Å². The molecule has 0 radical (unpaired) electrons. The van der Waals surface area contributed by atoms with Crippen molar-refractivity contribution in [3.63, 3.8) is 0 Å². The van der Waals surface area contributed by atoms with Crippen LogP contribution in [0.2, 0.25) is 0 Å². The molecule has 0 atom stereocenters. The molecule has 2 aromatic rings. The van der Waals surface area contributed by atoms with Gasteiger partial charge >= 0.3 is 0 Å². The van der Waals surface area contributed by atoms with E-state index in [0.717, 1.165) is 10.5 Å². The Morgan fingerprint density at radius 3 is 2.29 bits per heavy atom. The number of rotatable bonds is 1. The minimum atomic E-state index is 0.0660. The van der Waals surface area contributed by atoms with Crippen molar-refractivity contribution in [1.29, 1.82) is 0 Å². The minimum Gasteiger partial charge on any atom is -0.337 e. The summed E-state index contributed by atoms with van der Waals surface area (Å²) in [5, 5.41) is 0. The van der Waals surface area contributed by atoms with E-state index >= 15 is 0 Å². The average molecular weight is 358 g/mol. The predicted molar refractivity (Wildman–Crippen MR) is 82.4 cm³/mol. The molecule has 1 N–H and O–H groups in total. The Labute approximate surface area is 120 Å². The summed E-state index contributed by atoms with van der Waals surface area (Å²) in [5.74, 6) is 0. The van der Waals surface area contributed by atoms with Gasteiger partial charge in [-0.05, 0) is 59.1 Å². The summed E-state index contributed by atoms with van der Waals surface area (Å²) in [6, 6.07) is 8.38. The quantitative estimate of drug-likeness (QED) is 0.591. The molecule has 2 nitrogen and oxygen atoms in total. The van der Waals surface area contributed by atoms with Crippen molar-refractivity contribution >= 4 is 34.8 Å². The minimum absolute atomic E-state index is 0.0660. The third-order valence-electron chi connectivity index (χ3n) is 2.63. The van der Waals surface area contributed by atoms with E-state index in [1.807, 2.05) is 6.20 Å². The van der Waals surface area contributed by atoms with Crippen LogP contribution in [-0.2, 0) is 5.41 Å². The fraction of sp³-hybridized carbons (Fsp3) is 0.308. The van der Waals surface area contributed by atoms with Crippen molar-refractivity contribution in [3.05, 3.63) is 44.5 Å². The smallest absolute Gasteiger partial charge is 0.182 e. The standard InChI is InChI=1S/C13H15IN2S/c1-13(2,3)11-8-15-12(17)16(11)10-6-4-9(14)5-7-10/h4-8H,1-3H3,(H,15,17). The van der Waals surface area contributed by atoms with Crippen LogP contribution in [-0.4, -0.2) is 9.55 Å². The van der Waals surface area contributed by atoms with Crippen molar-refractivity contribution in [2.24, 2.45) is 0 Å². The highest BCUT2D eigenvalue weighted by molar-refractivity contribution is 14.1. The second kappa shape index (κ2) is 4.57. The number of benzene rings is 1.